The van der Waals surface area contributed by atoms with Crippen molar-refractivity contribution in [1.82, 2.24) is 9.80 Å². The molecule has 4 rings (SSSR count). The molecule has 0 spiro atoms. The number of carbonyl (C=O) groups excluding carboxylic acids is 1. The van der Waals surface area contributed by atoms with E-state index in [9.17, 15) is 4.79 Å². The van der Waals surface area contributed by atoms with Gasteiger partial charge in [-0.2, -0.15) is 0 Å². The van der Waals surface area contributed by atoms with Crippen LogP contribution in [-0.4, -0.2) is 74.7 Å². The minimum Gasteiger partial charge on any atom is -0.379 e. The zero-order valence-electron chi connectivity index (χ0n) is 15.2. The number of nitrogens with zero attached hydrogens (tertiary/aromatic N) is 3. The summed E-state index contributed by atoms with van der Waals surface area (Å²) in [4.78, 5) is 19.9. The molecule has 3 aliphatic heterocycles. The second-order valence-corrected chi connectivity index (χ2v) is 7.56. The Morgan fingerprint density at radius 3 is 2.80 bits per heavy atom. The van der Waals surface area contributed by atoms with Crippen LogP contribution in [0.1, 0.15) is 35.2 Å². The average molecular weight is 343 g/mol. The first-order chi connectivity index (χ1) is 12.2. The SMILES string of the molecule is CN1CCCc2cc(C(=O)N3CCCC(N4CCOCC4)C3)ccc21. The first kappa shape index (κ1) is 16.9. The summed E-state index contributed by atoms with van der Waals surface area (Å²) in [5.41, 5.74) is 3.46. The van der Waals surface area contributed by atoms with Gasteiger partial charge < -0.3 is 14.5 Å². The van der Waals surface area contributed by atoms with Crippen molar-refractivity contribution in [2.45, 2.75) is 31.7 Å². The number of piperidine rings is 1. The lowest BCUT2D eigenvalue weighted by Crippen LogP contribution is -2.52. The highest BCUT2D eigenvalue weighted by atomic mass is 16.5. The van der Waals surface area contributed by atoms with E-state index in [1.807, 2.05) is 6.07 Å². The summed E-state index contributed by atoms with van der Waals surface area (Å²) in [6.07, 6.45) is 4.54. The van der Waals surface area contributed by atoms with E-state index >= 15 is 0 Å². The Labute approximate surface area is 150 Å². The molecule has 1 atom stereocenters. The molecule has 0 aromatic heterocycles. The van der Waals surface area contributed by atoms with Crippen LogP contribution in [0.3, 0.4) is 0 Å². The molecule has 2 saturated heterocycles. The van der Waals surface area contributed by atoms with Gasteiger partial charge in [0.1, 0.15) is 0 Å². The van der Waals surface area contributed by atoms with Gasteiger partial charge in [-0.25, -0.2) is 0 Å². The predicted octanol–water partition coefficient (Wildman–Crippen LogP) is 2.01. The first-order valence-corrected chi connectivity index (χ1v) is 9.67. The highest BCUT2D eigenvalue weighted by Gasteiger charge is 2.29. The van der Waals surface area contributed by atoms with E-state index in [1.165, 1.54) is 24.1 Å². The van der Waals surface area contributed by atoms with Gasteiger partial charge in [0.25, 0.3) is 5.91 Å². The quantitative estimate of drug-likeness (QED) is 0.823. The molecule has 0 bridgehead atoms. The molecule has 1 aromatic rings. The van der Waals surface area contributed by atoms with Gasteiger partial charge in [-0.3, -0.25) is 9.69 Å². The van der Waals surface area contributed by atoms with Crippen molar-refractivity contribution < 1.29 is 9.53 Å². The van der Waals surface area contributed by atoms with Gasteiger partial charge in [-0.05, 0) is 49.4 Å². The number of likely N-dealkylation sites (tertiary alicyclic amines) is 1. The third-order valence-corrected chi connectivity index (χ3v) is 5.92. The first-order valence-electron chi connectivity index (χ1n) is 9.67. The van der Waals surface area contributed by atoms with Crippen molar-refractivity contribution in [2.75, 3.05) is 57.9 Å². The number of ether oxygens (including phenoxy) is 1. The summed E-state index contributed by atoms with van der Waals surface area (Å²) in [5.74, 6) is 0.203. The highest BCUT2D eigenvalue weighted by Crippen LogP contribution is 2.28. The number of aryl methyl sites for hydroxylation is 1. The lowest BCUT2D eigenvalue weighted by Gasteiger charge is -2.41. The van der Waals surface area contributed by atoms with E-state index in [4.69, 9.17) is 4.74 Å². The Morgan fingerprint density at radius 1 is 1.12 bits per heavy atom. The fourth-order valence-corrected chi connectivity index (χ4v) is 4.48. The van der Waals surface area contributed by atoms with Gasteiger partial charge >= 0.3 is 0 Å². The maximum atomic E-state index is 13.1. The normalized spacial score (nSPS) is 24.9. The van der Waals surface area contributed by atoms with Crippen LogP contribution in [0.5, 0.6) is 0 Å². The summed E-state index contributed by atoms with van der Waals surface area (Å²) in [6.45, 7) is 6.49. The summed E-state index contributed by atoms with van der Waals surface area (Å²) in [6, 6.07) is 6.77. The third-order valence-electron chi connectivity index (χ3n) is 5.92. The van der Waals surface area contributed by atoms with Gasteiger partial charge in [-0.15, -0.1) is 0 Å². The number of carbonyl (C=O) groups is 1. The van der Waals surface area contributed by atoms with Crippen LogP contribution < -0.4 is 4.90 Å². The smallest absolute Gasteiger partial charge is 0.253 e. The molecule has 3 aliphatic rings. The fraction of sp³-hybridized carbons (Fsp3) is 0.650. The van der Waals surface area contributed by atoms with Gasteiger partial charge in [0.05, 0.1) is 13.2 Å². The molecular weight excluding hydrogens is 314 g/mol. The average Bonchev–Trinajstić information content (AvgIpc) is 2.68. The van der Waals surface area contributed by atoms with Crippen LogP contribution in [0.2, 0.25) is 0 Å². The van der Waals surface area contributed by atoms with E-state index in [2.05, 4.69) is 33.9 Å². The highest BCUT2D eigenvalue weighted by molar-refractivity contribution is 5.95. The Kier molecular flexibility index (Phi) is 4.95. The van der Waals surface area contributed by atoms with Gasteiger partial charge in [0.15, 0.2) is 0 Å². The van der Waals surface area contributed by atoms with Crippen LogP contribution >= 0.6 is 0 Å². The van der Waals surface area contributed by atoms with Gasteiger partial charge in [0.2, 0.25) is 0 Å². The molecule has 0 saturated carbocycles. The number of hydrogen-bond acceptors (Lipinski definition) is 4. The summed E-state index contributed by atoms with van der Waals surface area (Å²) >= 11 is 0. The van der Waals surface area contributed by atoms with Crippen LogP contribution in [0.25, 0.3) is 0 Å². The minimum absolute atomic E-state index is 0.203. The van der Waals surface area contributed by atoms with Crippen LogP contribution in [0, 0.1) is 0 Å². The largest absolute Gasteiger partial charge is 0.379 e. The van der Waals surface area contributed by atoms with Crippen LogP contribution in [0.4, 0.5) is 5.69 Å². The standard InChI is InChI=1S/C20H29N3O2/c1-21-8-2-4-16-14-17(6-7-19(16)21)20(24)23-9-3-5-18(15-23)22-10-12-25-13-11-22/h6-7,14,18H,2-5,8-13,15H2,1H3. The third kappa shape index (κ3) is 3.53. The van der Waals surface area contributed by atoms with Crippen molar-refractivity contribution in [3.05, 3.63) is 29.3 Å². The molecular formula is C20H29N3O2. The summed E-state index contributed by atoms with van der Waals surface area (Å²) in [7, 11) is 2.14. The summed E-state index contributed by atoms with van der Waals surface area (Å²) in [5, 5.41) is 0. The zero-order chi connectivity index (χ0) is 17.2. The Hall–Kier alpha value is -1.59. The van der Waals surface area contributed by atoms with Crippen molar-refractivity contribution in [3.8, 4) is 0 Å². The fourth-order valence-electron chi connectivity index (χ4n) is 4.48. The van der Waals surface area contributed by atoms with E-state index in [0.29, 0.717) is 6.04 Å². The number of fused-ring (bicyclic) bond motifs is 1. The predicted molar refractivity (Wildman–Crippen MR) is 99.4 cm³/mol. The molecule has 1 amide bonds. The Balaban J connectivity index is 1.46. The molecule has 136 valence electrons. The second kappa shape index (κ2) is 7.34. The number of benzene rings is 1. The number of hydrogen-bond donors (Lipinski definition) is 0. The van der Waals surface area contributed by atoms with Crippen molar-refractivity contribution >= 4 is 11.6 Å². The number of rotatable bonds is 2. The maximum Gasteiger partial charge on any atom is 0.253 e. The maximum absolute atomic E-state index is 13.1. The number of amides is 1. The molecule has 1 unspecified atom stereocenters. The van der Waals surface area contributed by atoms with Crippen molar-refractivity contribution in [2.24, 2.45) is 0 Å². The van der Waals surface area contributed by atoms with E-state index in [0.717, 1.165) is 64.3 Å². The Bertz CT molecular complexity index is 627. The van der Waals surface area contributed by atoms with Crippen LogP contribution in [0.15, 0.2) is 18.2 Å². The number of anilines is 1. The minimum atomic E-state index is 0.203. The molecule has 0 N–H and O–H groups in total. The molecule has 2 fully saturated rings. The van der Waals surface area contributed by atoms with Gasteiger partial charge in [0, 0.05) is 57.1 Å². The molecule has 1 aromatic carbocycles. The lowest BCUT2D eigenvalue weighted by atomic mass is 9.98. The van der Waals surface area contributed by atoms with Crippen LogP contribution in [-0.2, 0) is 11.2 Å². The summed E-state index contributed by atoms with van der Waals surface area (Å²) < 4.78 is 5.47. The molecule has 3 heterocycles. The van der Waals surface area contributed by atoms with Crippen molar-refractivity contribution in [3.63, 3.8) is 0 Å². The molecule has 0 radical (unpaired) electrons. The number of morpholine rings is 1. The van der Waals surface area contributed by atoms with E-state index < -0.39 is 0 Å². The second-order valence-electron chi connectivity index (χ2n) is 7.56. The monoisotopic (exact) mass is 343 g/mol. The Morgan fingerprint density at radius 2 is 1.96 bits per heavy atom. The molecule has 5 heteroatoms. The zero-order valence-corrected chi connectivity index (χ0v) is 15.2. The lowest BCUT2D eigenvalue weighted by molar-refractivity contribution is -0.00120. The molecule has 0 aliphatic carbocycles. The topological polar surface area (TPSA) is 36.0 Å². The molecule has 5 nitrogen and oxygen atoms in total. The van der Waals surface area contributed by atoms with E-state index in [1.54, 1.807) is 0 Å². The van der Waals surface area contributed by atoms with Gasteiger partial charge in [-0.1, -0.05) is 0 Å². The van der Waals surface area contributed by atoms with E-state index in [-0.39, 0.29) is 5.91 Å². The van der Waals surface area contributed by atoms with Crippen molar-refractivity contribution in [1.29, 1.82) is 0 Å². The molecule has 25 heavy (non-hydrogen) atoms.